The fourth-order valence-electron chi connectivity index (χ4n) is 3.78. The molecule has 1 aliphatic heterocycles. The molecule has 0 radical (unpaired) electrons. The van der Waals surface area contributed by atoms with Crippen LogP contribution in [0.4, 0.5) is 0 Å². The summed E-state index contributed by atoms with van der Waals surface area (Å²) in [4.78, 5) is 19.5. The monoisotopic (exact) mass is 424 g/mol. The molecule has 1 unspecified atom stereocenters. The summed E-state index contributed by atoms with van der Waals surface area (Å²) < 4.78 is 7.48. The molecular weight excluding hydrogens is 400 g/mol. The van der Waals surface area contributed by atoms with Crippen molar-refractivity contribution in [1.29, 1.82) is 0 Å². The van der Waals surface area contributed by atoms with E-state index in [0.717, 1.165) is 30.6 Å². The van der Waals surface area contributed by atoms with Gasteiger partial charge >= 0.3 is 0 Å². The van der Waals surface area contributed by atoms with Crippen LogP contribution in [-0.4, -0.2) is 44.8 Å². The number of hydrogen-bond donors (Lipinski definition) is 0. The van der Waals surface area contributed by atoms with E-state index in [0.29, 0.717) is 36.0 Å². The second-order valence-corrected chi connectivity index (χ2v) is 7.93. The molecule has 0 spiro atoms. The van der Waals surface area contributed by atoms with Crippen LogP contribution in [0, 0.1) is 6.92 Å². The Balaban J connectivity index is 1.60. The SMILES string of the molecule is Cc1nn(Cc2ccccc2)c(Cl)c1C(=O)N(Cc1cccnc1)CC1CCCO1. The van der Waals surface area contributed by atoms with Crippen molar-refractivity contribution in [3.8, 4) is 0 Å². The lowest BCUT2D eigenvalue weighted by molar-refractivity contribution is 0.0506. The molecule has 1 fully saturated rings. The summed E-state index contributed by atoms with van der Waals surface area (Å²) in [7, 11) is 0. The van der Waals surface area contributed by atoms with Crippen LogP contribution in [0.25, 0.3) is 0 Å². The number of pyridine rings is 1. The largest absolute Gasteiger partial charge is 0.376 e. The molecule has 30 heavy (non-hydrogen) atoms. The quantitative estimate of drug-likeness (QED) is 0.572. The summed E-state index contributed by atoms with van der Waals surface area (Å²) in [5, 5.41) is 4.91. The Morgan fingerprint density at radius 2 is 2.03 bits per heavy atom. The van der Waals surface area contributed by atoms with Crippen molar-refractivity contribution in [2.75, 3.05) is 13.2 Å². The zero-order valence-electron chi connectivity index (χ0n) is 17.0. The van der Waals surface area contributed by atoms with Crippen LogP contribution in [0.3, 0.4) is 0 Å². The van der Waals surface area contributed by atoms with Gasteiger partial charge in [-0.1, -0.05) is 48.0 Å². The van der Waals surface area contributed by atoms with Crippen molar-refractivity contribution in [3.05, 3.63) is 82.4 Å². The van der Waals surface area contributed by atoms with Crippen molar-refractivity contribution >= 4 is 17.5 Å². The standard InChI is InChI=1S/C23H25ClN4O2/c1-17-21(22(24)28(26-17)15-18-7-3-2-4-8-18)23(29)27(16-20-10-6-12-30-20)14-19-9-5-11-25-13-19/h2-5,7-9,11,13,20H,6,10,12,14-16H2,1H3. The molecule has 2 aromatic heterocycles. The number of aromatic nitrogens is 3. The molecule has 3 heterocycles. The number of aryl methyl sites for hydroxylation is 1. The predicted octanol–water partition coefficient (Wildman–Crippen LogP) is 4.11. The molecule has 156 valence electrons. The number of amides is 1. The lowest BCUT2D eigenvalue weighted by atomic mass is 10.1. The van der Waals surface area contributed by atoms with E-state index in [-0.39, 0.29) is 12.0 Å². The highest BCUT2D eigenvalue weighted by molar-refractivity contribution is 6.33. The summed E-state index contributed by atoms with van der Waals surface area (Å²) in [5.41, 5.74) is 3.13. The first-order chi connectivity index (χ1) is 14.6. The van der Waals surface area contributed by atoms with E-state index in [2.05, 4.69) is 10.1 Å². The summed E-state index contributed by atoms with van der Waals surface area (Å²) >= 11 is 6.65. The van der Waals surface area contributed by atoms with Crippen molar-refractivity contribution < 1.29 is 9.53 Å². The van der Waals surface area contributed by atoms with Gasteiger partial charge in [0, 0.05) is 32.1 Å². The number of carbonyl (C=O) groups is 1. The number of carbonyl (C=O) groups excluding carboxylic acids is 1. The van der Waals surface area contributed by atoms with E-state index in [9.17, 15) is 4.79 Å². The Morgan fingerprint density at radius 3 is 2.73 bits per heavy atom. The molecule has 6 nitrogen and oxygen atoms in total. The number of benzene rings is 1. The maximum Gasteiger partial charge on any atom is 0.259 e. The minimum atomic E-state index is -0.129. The van der Waals surface area contributed by atoms with Gasteiger partial charge in [0.25, 0.3) is 5.91 Å². The third kappa shape index (κ3) is 4.71. The minimum absolute atomic E-state index is 0.0454. The Labute approximate surface area is 181 Å². The molecule has 0 saturated carbocycles. The summed E-state index contributed by atoms with van der Waals surface area (Å²) in [6, 6.07) is 13.8. The third-order valence-corrected chi connectivity index (χ3v) is 5.67. The summed E-state index contributed by atoms with van der Waals surface area (Å²) in [6.45, 7) is 4.06. The van der Waals surface area contributed by atoms with Crippen molar-refractivity contribution in [3.63, 3.8) is 0 Å². The van der Waals surface area contributed by atoms with Crippen LogP contribution < -0.4 is 0 Å². The van der Waals surface area contributed by atoms with E-state index < -0.39 is 0 Å². The van der Waals surface area contributed by atoms with Crippen LogP contribution >= 0.6 is 11.6 Å². The van der Waals surface area contributed by atoms with Gasteiger partial charge in [-0.05, 0) is 37.0 Å². The van der Waals surface area contributed by atoms with E-state index in [1.54, 1.807) is 22.0 Å². The van der Waals surface area contributed by atoms with Gasteiger partial charge in [0.05, 0.1) is 23.9 Å². The highest BCUT2D eigenvalue weighted by atomic mass is 35.5. The highest BCUT2D eigenvalue weighted by Gasteiger charge is 2.28. The molecular formula is C23H25ClN4O2. The Kier molecular flexibility index (Phi) is 6.45. The van der Waals surface area contributed by atoms with Crippen molar-refractivity contribution in [2.24, 2.45) is 0 Å². The number of ether oxygens (including phenoxy) is 1. The summed E-state index contributed by atoms with van der Waals surface area (Å²) in [6.07, 6.45) is 5.53. The van der Waals surface area contributed by atoms with Gasteiger partial charge in [-0.15, -0.1) is 0 Å². The van der Waals surface area contributed by atoms with E-state index in [1.165, 1.54) is 0 Å². The van der Waals surface area contributed by atoms with Gasteiger partial charge in [-0.3, -0.25) is 9.78 Å². The van der Waals surface area contributed by atoms with Gasteiger partial charge in [0.15, 0.2) is 0 Å². The average molecular weight is 425 g/mol. The molecule has 1 amide bonds. The van der Waals surface area contributed by atoms with Gasteiger partial charge < -0.3 is 9.64 Å². The van der Waals surface area contributed by atoms with Crippen LogP contribution in [0.15, 0.2) is 54.9 Å². The normalized spacial score (nSPS) is 16.0. The molecule has 1 atom stereocenters. The molecule has 4 rings (SSSR count). The molecule has 1 aliphatic rings. The van der Waals surface area contributed by atoms with Crippen LogP contribution in [-0.2, 0) is 17.8 Å². The highest BCUT2D eigenvalue weighted by Crippen LogP contribution is 2.25. The molecule has 3 aromatic rings. The van der Waals surface area contributed by atoms with Gasteiger partial charge in [0.1, 0.15) is 5.15 Å². The zero-order chi connectivity index (χ0) is 20.9. The third-order valence-electron chi connectivity index (χ3n) is 5.29. The number of nitrogens with zero attached hydrogens (tertiary/aromatic N) is 4. The lowest BCUT2D eigenvalue weighted by Crippen LogP contribution is -2.37. The van der Waals surface area contributed by atoms with Crippen LogP contribution in [0.1, 0.15) is 40.0 Å². The smallest absolute Gasteiger partial charge is 0.259 e. The molecule has 0 aliphatic carbocycles. The molecule has 0 bridgehead atoms. The molecule has 1 saturated heterocycles. The number of rotatable bonds is 7. The average Bonchev–Trinajstić information content (AvgIpc) is 3.36. The second-order valence-electron chi connectivity index (χ2n) is 7.58. The first-order valence-corrected chi connectivity index (χ1v) is 10.6. The van der Waals surface area contributed by atoms with Crippen LogP contribution in [0.2, 0.25) is 5.15 Å². The molecule has 7 heteroatoms. The predicted molar refractivity (Wildman–Crippen MR) is 115 cm³/mol. The minimum Gasteiger partial charge on any atom is -0.376 e. The second kappa shape index (κ2) is 9.41. The lowest BCUT2D eigenvalue weighted by Gasteiger charge is -2.25. The first-order valence-electron chi connectivity index (χ1n) is 10.2. The van der Waals surface area contributed by atoms with Crippen molar-refractivity contribution in [2.45, 2.75) is 39.0 Å². The number of hydrogen-bond acceptors (Lipinski definition) is 4. The first kappa shape index (κ1) is 20.6. The van der Waals surface area contributed by atoms with Crippen molar-refractivity contribution in [1.82, 2.24) is 19.7 Å². The van der Waals surface area contributed by atoms with E-state index in [1.807, 2.05) is 49.4 Å². The zero-order valence-corrected chi connectivity index (χ0v) is 17.8. The summed E-state index contributed by atoms with van der Waals surface area (Å²) in [5.74, 6) is -0.129. The Hall–Kier alpha value is -2.70. The van der Waals surface area contributed by atoms with E-state index in [4.69, 9.17) is 16.3 Å². The molecule has 0 N–H and O–H groups in total. The maximum absolute atomic E-state index is 13.6. The Bertz CT molecular complexity index is 985. The topological polar surface area (TPSA) is 60.2 Å². The number of halogens is 1. The van der Waals surface area contributed by atoms with Gasteiger partial charge in [-0.2, -0.15) is 5.10 Å². The van der Waals surface area contributed by atoms with E-state index >= 15 is 0 Å². The Morgan fingerprint density at radius 1 is 1.23 bits per heavy atom. The maximum atomic E-state index is 13.6. The van der Waals surface area contributed by atoms with Crippen LogP contribution in [0.5, 0.6) is 0 Å². The van der Waals surface area contributed by atoms with Gasteiger partial charge in [0.2, 0.25) is 0 Å². The molecule has 1 aromatic carbocycles. The fourth-order valence-corrected chi connectivity index (χ4v) is 4.10. The van der Waals surface area contributed by atoms with Gasteiger partial charge in [-0.25, -0.2) is 4.68 Å². The fraction of sp³-hybridized carbons (Fsp3) is 0.348.